The molecular formula is C16H20N2O5. The fourth-order valence-electron chi connectivity index (χ4n) is 2.44. The van der Waals surface area contributed by atoms with Crippen LogP contribution in [0.15, 0.2) is 24.3 Å². The molecule has 7 nitrogen and oxygen atoms in total. The topological polar surface area (TPSA) is 95.9 Å². The van der Waals surface area contributed by atoms with Gasteiger partial charge in [-0.3, -0.25) is 14.5 Å². The minimum Gasteiger partial charge on any atom is -0.491 e. The van der Waals surface area contributed by atoms with Crippen LogP contribution >= 0.6 is 0 Å². The number of aliphatic carboxylic acids is 1. The Labute approximate surface area is 134 Å². The molecule has 0 aliphatic carbocycles. The Morgan fingerprint density at radius 1 is 1.30 bits per heavy atom. The zero-order valence-electron chi connectivity index (χ0n) is 13.3. The van der Waals surface area contributed by atoms with Crippen molar-refractivity contribution in [2.75, 3.05) is 6.54 Å². The number of carboxylic acid groups (broad SMARTS) is 1. The van der Waals surface area contributed by atoms with Crippen molar-refractivity contribution in [3.63, 3.8) is 0 Å². The zero-order chi connectivity index (χ0) is 17.2. The first-order valence-electron chi connectivity index (χ1n) is 7.37. The molecule has 3 amide bonds. The molecule has 1 fully saturated rings. The quantitative estimate of drug-likeness (QED) is 0.778. The Balaban J connectivity index is 2.19. The summed E-state index contributed by atoms with van der Waals surface area (Å²) in [4.78, 5) is 36.1. The number of hydrogen-bond donors (Lipinski definition) is 2. The Morgan fingerprint density at radius 3 is 2.43 bits per heavy atom. The van der Waals surface area contributed by atoms with Gasteiger partial charge in [0.2, 0.25) is 0 Å². The predicted molar refractivity (Wildman–Crippen MR) is 82.1 cm³/mol. The van der Waals surface area contributed by atoms with E-state index in [1.165, 1.54) is 0 Å². The van der Waals surface area contributed by atoms with E-state index in [1.807, 2.05) is 13.8 Å². The van der Waals surface area contributed by atoms with Crippen molar-refractivity contribution in [3.05, 3.63) is 29.8 Å². The van der Waals surface area contributed by atoms with Crippen LogP contribution in [0.5, 0.6) is 5.75 Å². The molecule has 0 spiro atoms. The molecule has 124 valence electrons. The Hall–Kier alpha value is -2.57. The first kappa shape index (κ1) is 16.8. The summed E-state index contributed by atoms with van der Waals surface area (Å²) in [6.07, 6.45) is -0.244. The van der Waals surface area contributed by atoms with Crippen molar-refractivity contribution >= 4 is 17.9 Å². The van der Waals surface area contributed by atoms with Crippen LogP contribution < -0.4 is 10.1 Å². The number of nitrogens with zero attached hydrogens (tertiary/aromatic N) is 1. The second-order valence-corrected chi connectivity index (χ2v) is 5.85. The fourth-order valence-corrected chi connectivity index (χ4v) is 2.44. The molecule has 1 heterocycles. The monoisotopic (exact) mass is 320 g/mol. The maximum absolute atomic E-state index is 12.5. The van der Waals surface area contributed by atoms with Gasteiger partial charge in [0.1, 0.15) is 11.3 Å². The highest BCUT2D eigenvalue weighted by Gasteiger charge is 2.48. The number of benzene rings is 1. The fraction of sp³-hybridized carbons (Fsp3) is 0.438. The van der Waals surface area contributed by atoms with Gasteiger partial charge in [-0.05, 0) is 38.5 Å². The summed E-state index contributed by atoms with van der Waals surface area (Å²) in [7, 11) is 0. The average Bonchev–Trinajstić information content (AvgIpc) is 2.68. The molecule has 0 aromatic heterocycles. The van der Waals surface area contributed by atoms with E-state index in [9.17, 15) is 14.4 Å². The summed E-state index contributed by atoms with van der Waals surface area (Å²) in [6.45, 7) is 5.28. The van der Waals surface area contributed by atoms with Gasteiger partial charge in [-0.25, -0.2) is 4.79 Å². The van der Waals surface area contributed by atoms with Crippen LogP contribution in [0.4, 0.5) is 4.79 Å². The number of nitrogens with one attached hydrogen (secondary N) is 1. The number of carbonyl (C=O) groups is 3. The highest BCUT2D eigenvalue weighted by atomic mass is 16.5. The van der Waals surface area contributed by atoms with Crippen molar-refractivity contribution in [1.82, 2.24) is 10.2 Å². The lowest BCUT2D eigenvalue weighted by Gasteiger charge is -2.22. The third-order valence-electron chi connectivity index (χ3n) is 3.63. The molecule has 1 aliphatic rings. The molecular weight excluding hydrogens is 300 g/mol. The number of ether oxygens (including phenoxy) is 1. The number of amides is 3. The Morgan fingerprint density at radius 2 is 1.91 bits per heavy atom. The van der Waals surface area contributed by atoms with Gasteiger partial charge >= 0.3 is 12.0 Å². The molecule has 0 saturated carbocycles. The normalized spacial score (nSPS) is 20.8. The molecule has 0 bridgehead atoms. The lowest BCUT2D eigenvalue weighted by atomic mass is 9.92. The number of rotatable bonds is 6. The van der Waals surface area contributed by atoms with Gasteiger partial charge in [-0.2, -0.15) is 0 Å². The van der Waals surface area contributed by atoms with Gasteiger partial charge in [0.05, 0.1) is 12.5 Å². The van der Waals surface area contributed by atoms with Crippen molar-refractivity contribution in [1.29, 1.82) is 0 Å². The van der Waals surface area contributed by atoms with Crippen LogP contribution in [0.1, 0.15) is 32.8 Å². The summed E-state index contributed by atoms with van der Waals surface area (Å²) in [6, 6.07) is 6.33. The van der Waals surface area contributed by atoms with Crippen molar-refractivity contribution in [2.24, 2.45) is 0 Å². The summed E-state index contributed by atoms with van der Waals surface area (Å²) < 4.78 is 5.55. The van der Waals surface area contributed by atoms with E-state index in [0.717, 1.165) is 4.90 Å². The third-order valence-corrected chi connectivity index (χ3v) is 3.63. The molecule has 0 radical (unpaired) electrons. The van der Waals surface area contributed by atoms with E-state index in [4.69, 9.17) is 9.84 Å². The van der Waals surface area contributed by atoms with E-state index in [0.29, 0.717) is 11.3 Å². The van der Waals surface area contributed by atoms with Crippen LogP contribution in [0.3, 0.4) is 0 Å². The molecule has 1 aliphatic heterocycles. The Kier molecular flexibility index (Phi) is 4.58. The summed E-state index contributed by atoms with van der Waals surface area (Å²) >= 11 is 0. The predicted octanol–water partition coefficient (Wildman–Crippen LogP) is 1.72. The van der Waals surface area contributed by atoms with Crippen LogP contribution in [0.25, 0.3) is 0 Å². The van der Waals surface area contributed by atoms with Crippen molar-refractivity contribution in [2.45, 2.75) is 38.8 Å². The first-order chi connectivity index (χ1) is 10.7. The standard InChI is InChI=1S/C16H20N2O5/c1-10(2)23-12-6-4-11(5-7-12)16(3)14(21)18(15(22)17-16)9-8-13(19)20/h4-7,10H,8-9H2,1-3H3,(H,17,22)(H,19,20). The van der Waals surface area contributed by atoms with Gasteiger partial charge in [0.15, 0.2) is 0 Å². The molecule has 1 saturated heterocycles. The SMILES string of the molecule is CC(C)Oc1ccc(C2(C)NC(=O)N(CCC(=O)O)C2=O)cc1. The van der Waals surface area contributed by atoms with Gasteiger partial charge in [-0.15, -0.1) is 0 Å². The largest absolute Gasteiger partial charge is 0.491 e. The van der Waals surface area contributed by atoms with E-state index in [-0.39, 0.29) is 19.1 Å². The van der Waals surface area contributed by atoms with Crippen molar-refractivity contribution in [3.8, 4) is 5.75 Å². The number of imide groups is 1. The second-order valence-electron chi connectivity index (χ2n) is 5.85. The molecule has 23 heavy (non-hydrogen) atoms. The number of urea groups is 1. The van der Waals surface area contributed by atoms with Gasteiger partial charge < -0.3 is 15.2 Å². The summed E-state index contributed by atoms with van der Waals surface area (Å²) in [5, 5.41) is 11.3. The maximum atomic E-state index is 12.5. The molecule has 1 atom stereocenters. The maximum Gasteiger partial charge on any atom is 0.325 e. The summed E-state index contributed by atoms with van der Waals surface area (Å²) in [5.74, 6) is -0.845. The number of hydrogen-bond acceptors (Lipinski definition) is 4. The van der Waals surface area contributed by atoms with Gasteiger partial charge in [-0.1, -0.05) is 12.1 Å². The van der Waals surface area contributed by atoms with E-state index in [2.05, 4.69) is 5.32 Å². The van der Waals surface area contributed by atoms with Gasteiger partial charge in [0, 0.05) is 6.54 Å². The van der Waals surface area contributed by atoms with E-state index in [1.54, 1.807) is 31.2 Å². The van der Waals surface area contributed by atoms with Crippen LogP contribution in [-0.4, -0.2) is 40.6 Å². The molecule has 7 heteroatoms. The highest BCUT2D eigenvalue weighted by Crippen LogP contribution is 2.30. The molecule has 1 aromatic rings. The van der Waals surface area contributed by atoms with Crippen LogP contribution in [0, 0.1) is 0 Å². The third kappa shape index (κ3) is 3.44. The number of carboxylic acids is 1. The summed E-state index contributed by atoms with van der Waals surface area (Å²) in [5.41, 5.74) is -0.587. The minimum atomic E-state index is -1.20. The Bertz CT molecular complexity index is 626. The van der Waals surface area contributed by atoms with Gasteiger partial charge in [0.25, 0.3) is 5.91 Å². The van der Waals surface area contributed by atoms with E-state index < -0.39 is 23.4 Å². The molecule has 2 N–H and O–H groups in total. The molecule has 1 aromatic carbocycles. The molecule has 2 rings (SSSR count). The second kappa shape index (κ2) is 6.28. The highest BCUT2D eigenvalue weighted by molar-refractivity contribution is 6.07. The smallest absolute Gasteiger partial charge is 0.325 e. The lowest BCUT2D eigenvalue weighted by molar-refractivity contribution is -0.138. The van der Waals surface area contributed by atoms with Crippen molar-refractivity contribution < 1.29 is 24.2 Å². The minimum absolute atomic E-state index is 0.0377. The zero-order valence-corrected chi connectivity index (χ0v) is 13.3. The average molecular weight is 320 g/mol. The number of carbonyl (C=O) groups excluding carboxylic acids is 2. The lowest BCUT2D eigenvalue weighted by Crippen LogP contribution is -2.41. The van der Waals surface area contributed by atoms with Crippen LogP contribution in [0.2, 0.25) is 0 Å². The first-order valence-corrected chi connectivity index (χ1v) is 7.37. The van der Waals surface area contributed by atoms with E-state index >= 15 is 0 Å². The molecule has 1 unspecified atom stereocenters. The van der Waals surface area contributed by atoms with Crippen LogP contribution in [-0.2, 0) is 15.1 Å².